The van der Waals surface area contributed by atoms with E-state index >= 15 is 0 Å². The van der Waals surface area contributed by atoms with E-state index < -0.39 is 5.63 Å². The first-order chi connectivity index (χ1) is 11.7. The predicted molar refractivity (Wildman–Crippen MR) is 83.1 cm³/mol. The molecule has 0 spiro atoms. The fourth-order valence-corrected chi connectivity index (χ4v) is 2.22. The van der Waals surface area contributed by atoms with Crippen LogP contribution in [0, 0.1) is 11.3 Å². The van der Waals surface area contributed by atoms with Crippen molar-refractivity contribution in [2.24, 2.45) is 0 Å². The van der Waals surface area contributed by atoms with E-state index in [0.717, 1.165) is 0 Å². The minimum atomic E-state index is -0.542. The molecule has 0 N–H and O–H groups in total. The molecule has 0 aliphatic rings. The van der Waals surface area contributed by atoms with Gasteiger partial charge < -0.3 is 4.42 Å². The molecule has 3 heterocycles. The van der Waals surface area contributed by atoms with Gasteiger partial charge in [0.2, 0.25) is 0 Å². The van der Waals surface area contributed by atoms with Crippen molar-refractivity contribution < 1.29 is 4.42 Å². The fraction of sp³-hybridized carbons (Fsp3) is 0. The zero-order chi connectivity index (χ0) is 16.5. The SMILES string of the molecule is N#Cc1ccc2c(=O)oc(-c3ccc(-n4ccnc4)nn3)nc2c1. The highest BCUT2D eigenvalue weighted by molar-refractivity contribution is 5.79. The third kappa shape index (κ3) is 2.30. The van der Waals surface area contributed by atoms with Crippen LogP contribution in [0.4, 0.5) is 0 Å². The number of nitriles is 1. The van der Waals surface area contributed by atoms with Crippen LogP contribution < -0.4 is 5.63 Å². The van der Waals surface area contributed by atoms with Crippen molar-refractivity contribution in [3.8, 4) is 23.5 Å². The van der Waals surface area contributed by atoms with Crippen LogP contribution in [-0.4, -0.2) is 24.7 Å². The Balaban J connectivity index is 1.81. The van der Waals surface area contributed by atoms with Gasteiger partial charge in [-0.05, 0) is 30.3 Å². The Labute approximate surface area is 134 Å². The first-order valence-electron chi connectivity index (χ1n) is 6.92. The van der Waals surface area contributed by atoms with Crippen molar-refractivity contribution >= 4 is 10.9 Å². The van der Waals surface area contributed by atoms with Gasteiger partial charge in [-0.1, -0.05) is 0 Å². The van der Waals surface area contributed by atoms with E-state index in [4.69, 9.17) is 9.68 Å². The van der Waals surface area contributed by atoms with E-state index in [1.807, 2.05) is 6.07 Å². The molecule has 0 aliphatic heterocycles. The van der Waals surface area contributed by atoms with Crippen molar-refractivity contribution in [3.05, 3.63) is 65.0 Å². The van der Waals surface area contributed by atoms with Crippen LogP contribution in [0.1, 0.15) is 5.56 Å². The summed E-state index contributed by atoms with van der Waals surface area (Å²) in [5.41, 5.74) is 0.564. The normalized spacial score (nSPS) is 10.6. The fourth-order valence-electron chi connectivity index (χ4n) is 2.22. The van der Waals surface area contributed by atoms with Gasteiger partial charge in [0, 0.05) is 12.4 Å². The van der Waals surface area contributed by atoms with Gasteiger partial charge in [0.25, 0.3) is 5.89 Å². The number of rotatable bonds is 2. The number of fused-ring (bicyclic) bond motifs is 1. The Bertz CT molecular complexity index is 1120. The summed E-state index contributed by atoms with van der Waals surface area (Å²) in [6.45, 7) is 0. The lowest BCUT2D eigenvalue weighted by atomic mass is 10.2. The van der Waals surface area contributed by atoms with Crippen molar-refractivity contribution in [2.45, 2.75) is 0 Å². The Kier molecular flexibility index (Phi) is 3.10. The van der Waals surface area contributed by atoms with Gasteiger partial charge in [-0.25, -0.2) is 14.8 Å². The zero-order valence-corrected chi connectivity index (χ0v) is 12.1. The summed E-state index contributed by atoms with van der Waals surface area (Å²) < 4.78 is 6.90. The quantitative estimate of drug-likeness (QED) is 0.553. The van der Waals surface area contributed by atoms with Gasteiger partial charge in [0.15, 0.2) is 5.82 Å². The van der Waals surface area contributed by atoms with E-state index in [2.05, 4.69) is 20.2 Å². The molecule has 4 aromatic rings. The maximum absolute atomic E-state index is 12.1. The van der Waals surface area contributed by atoms with Crippen LogP contribution in [0.2, 0.25) is 0 Å². The molecule has 8 nitrogen and oxygen atoms in total. The summed E-state index contributed by atoms with van der Waals surface area (Å²) in [4.78, 5) is 20.3. The predicted octanol–water partition coefficient (Wildman–Crippen LogP) is 1.70. The number of aromatic nitrogens is 5. The molecule has 0 aliphatic carbocycles. The second-order valence-corrected chi connectivity index (χ2v) is 4.90. The lowest BCUT2D eigenvalue weighted by Gasteiger charge is -2.03. The zero-order valence-electron chi connectivity index (χ0n) is 12.1. The maximum Gasteiger partial charge on any atom is 0.347 e. The standard InChI is InChI=1S/C16H8N6O2/c17-8-10-1-2-11-13(7-10)19-15(24-16(11)23)12-3-4-14(21-20-12)22-6-5-18-9-22/h1-7,9H. The second kappa shape index (κ2) is 5.40. The van der Waals surface area contributed by atoms with Crippen LogP contribution in [-0.2, 0) is 0 Å². The van der Waals surface area contributed by atoms with E-state index in [9.17, 15) is 4.79 Å². The molecule has 0 atom stereocenters. The third-order valence-electron chi connectivity index (χ3n) is 3.40. The van der Waals surface area contributed by atoms with E-state index in [1.54, 1.807) is 41.5 Å². The first kappa shape index (κ1) is 13.8. The number of imidazole rings is 1. The van der Waals surface area contributed by atoms with Crippen LogP contribution >= 0.6 is 0 Å². The molecule has 4 rings (SSSR count). The monoisotopic (exact) mass is 316 g/mol. The van der Waals surface area contributed by atoms with Crippen LogP contribution in [0.3, 0.4) is 0 Å². The van der Waals surface area contributed by atoms with Crippen LogP contribution in [0.25, 0.3) is 28.3 Å². The highest BCUT2D eigenvalue weighted by Gasteiger charge is 2.11. The average Bonchev–Trinajstić information content (AvgIpc) is 3.16. The summed E-state index contributed by atoms with van der Waals surface area (Å²) in [6, 6.07) is 9.96. The number of nitrogens with zero attached hydrogens (tertiary/aromatic N) is 6. The lowest BCUT2D eigenvalue weighted by molar-refractivity contribution is 0.515. The molecule has 3 aromatic heterocycles. The Morgan fingerprint density at radius 3 is 2.79 bits per heavy atom. The van der Waals surface area contributed by atoms with Crippen molar-refractivity contribution in [1.82, 2.24) is 24.7 Å². The maximum atomic E-state index is 12.1. The highest BCUT2D eigenvalue weighted by atomic mass is 16.4. The smallest absolute Gasteiger partial charge is 0.347 e. The minimum absolute atomic E-state index is 0.0484. The third-order valence-corrected chi connectivity index (χ3v) is 3.40. The Hall–Kier alpha value is -3.86. The van der Waals surface area contributed by atoms with Gasteiger partial charge >= 0.3 is 5.63 Å². The van der Waals surface area contributed by atoms with E-state index in [0.29, 0.717) is 28.0 Å². The number of benzene rings is 1. The molecule has 0 unspecified atom stereocenters. The molecule has 0 amide bonds. The summed E-state index contributed by atoms with van der Waals surface area (Å²) in [5, 5.41) is 17.4. The molecular weight excluding hydrogens is 308 g/mol. The summed E-state index contributed by atoms with van der Waals surface area (Å²) in [5.74, 6) is 0.624. The van der Waals surface area contributed by atoms with Crippen LogP contribution in [0.15, 0.2) is 58.3 Å². The van der Waals surface area contributed by atoms with Crippen molar-refractivity contribution in [2.75, 3.05) is 0 Å². The summed E-state index contributed by atoms with van der Waals surface area (Å²) >= 11 is 0. The van der Waals surface area contributed by atoms with Crippen molar-refractivity contribution in [1.29, 1.82) is 5.26 Å². The topological polar surface area (TPSA) is 110 Å². The van der Waals surface area contributed by atoms with Crippen molar-refractivity contribution in [3.63, 3.8) is 0 Å². The molecule has 0 fully saturated rings. The average molecular weight is 316 g/mol. The molecule has 0 saturated heterocycles. The lowest BCUT2D eigenvalue weighted by Crippen LogP contribution is -2.05. The molecule has 8 heteroatoms. The molecule has 114 valence electrons. The van der Waals surface area contributed by atoms with Gasteiger partial charge in [0.1, 0.15) is 12.0 Å². The molecule has 0 saturated carbocycles. The minimum Gasteiger partial charge on any atom is -0.401 e. The summed E-state index contributed by atoms with van der Waals surface area (Å²) in [7, 11) is 0. The first-order valence-corrected chi connectivity index (χ1v) is 6.92. The Morgan fingerprint density at radius 1 is 1.17 bits per heavy atom. The van der Waals surface area contributed by atoms with Gasteiger partial charge in [0.05, 0.1) is 22.5 Å². The van der Waals surface area contributed by atoms with Gasteiger partial charge in [-0.15, -0.1) is 10.2 Å². The molecule has 0 bridgehead atoms. The number of hydrogen-bond acceptors (Lipinski definition) is 7. The molecule has 1 aromatic carbocycles. The largest absolute Gasteiger partial charge is 0.401 e. The van der Waals surface area contributed by atoms with E-state index in [1.165, 1.54) is 12.1 Å². The Morgan fingerprint density at radius 2 is 2.08 bits per heavy atom. The van der Waals surface area contributed by atoms with Crippen LogP contribution in [0.5, 0.6) is 0 Å². The van der Waals surface area contributed by atoms with Gasteiger partial charge in [-0.2, -0.15) is 5.26 Å². The molecular formula is C16H8N6O2. The molecule has 0 radical (unpaired) electrons. The number of hydrogen-bond donors (Lipinski definition) is 0. The molecule has 24 heavy (non-hydrogen) atoms. The summed E-state index contributed by atoms with van der Waals surface area (Å²) in [6.07, 6.45) is 4.97. The van der Waals surface area contributed by atoms with Gasteiger partial charge in [-0.3, -0.25) is 4.57 Å². The highest BCUT2D eigenvalue weighted by Crippen LogP contribution is 2.17. The van der Waals surface area contributed by atoms with E-state index in [-0.39, 0.29) is 5.89 Å². The second-order valence-electron chi connectivity index (χ2n) is 4.90.